The molecule has 2 aliphatic carbocycles. The van der Waals surface area contributed by atoms with Crippen molar-refractivity contribution in [3.63, 3.8) is 0 Å². The third-order valence-electron chi connectivity index (χ3n) is 28.2. The summed E-state index contributed by atoms with van der Waals surface area (Å²) in [6.45, 7) is 37.6. The molecule has 0 radical (unpaired) electrons. The zero-order valence-electron chi connectivity index (χ0n) is 74.2. The van der Waals surface area contributed by atoms with Gasteiger partial charge in [-0.2, -0.15) is 0 Å². The monoisotopic (exact) mass is 1600 g/mol. The number of benzene rings is 16. The molecular formula is C118H103B2N3O. The van der Waals surface area contributed by atoms with E-state index in [0.29, 0.717) is 0 Å². The van der Waals surface area contributed by atoms with Crippen molar-refractivity contribution in [1.82, 2.24) is 0 Å². The number of hydrogen-bond donors (Lipinski definition) is 0. The average molecular weight is 1600 g/mol. The van der Waals surface area contributed by atoms with E-state index in [4.69, 9.17) is 4.74 Å². The Morgan fingerprint density at radius 3 is 0.992 bits per heavy atom. The first-order chi connectivity index (χ1) is 59.6. The molecule has 0 saturated heterocycles. The van der Waals surface area contributed by atoms with Crippen LogP contribution in [0.5, 0.6) is 11.5 Å². The van der Waals surface area contributed by atoms with Gasteiger partial charge in [0.25, 0.3) is 13.4 Å². The van der Waals surface area contributed by atoms with Crippen molar-refractivity contribution in [2.75, 3.05) is 14.7 Å². The van der Waals surface area contributed by atoms with E-state index in [2.05, 4.69) is 459 Å². The lowest BCUT2D eigenvalue weighted by atomic mass is 9.30. The van der Waals surface area contributed by atoms with Crippen molar-refractivity contribution >= 4 is 97.4 Å². The van der Waals surface area contributed by atoms with Crippen LogP contribution in [0.4, 0.5) is 51.2 Å². The number of anilines is 9. The maximum Gasteiger partial charge on any atom is 0.256 e. The minimum atomic E-state index is -0.336. The molecule has 0 spiro atoms. The molecule has 6 heteroatoms. The van der Waals surface area contributed by atoms with Gasteiger partial charge < -0.3 is 19.4 Å². The van der Waals surface area contributed by atoms with Crippen LogP contribution in [-0.4, -0.2) is 13.4 Å². The Hall–Kier alpha value is -13.2. The third kappa shape index (κ3) is 11.9. The van der Waals surface area contributed by atoms with Crippen molar-refractivity contribution in [3.05, 3.63) is 378 Å². The number of rotatable bonds is 9. The molecule has 6 aliphatic rings. The van der Waals surface area contributed by atoms with Crippen LogP contribution in [0.1, 0.15) is 155 Å². The van der Waals surface area contributed by atoms with E-state index in [1.165, 1.54) is 111 Å². The highest BCUT2D eigenvalue weighted by Crippen LogP contribution is 2.60. The highest BCUT2D eigenvalue weighted by molar-refractivity contribution is 7.02. The summed E-state index contributed by atoms with van der Waals surface area (Å²) < 4.78 is 8.34. The van der Waals surface area contributed by atoms with Gasteiger partial charge in [0.1, 0.15) is 11.5 Å². The quantitative estimate of drug-likeness (QED) is 0.134. The second-order valence-electron chi connectivity index (χ2n) is 40.7. The van der Waals surface area contributed by atoms with Gasteiger partial charge in [0, 0.05) is 79.0 Å². The molecule has 0 aromatic heterocycles. The largest absolute Gasteiger partial charge is 0.458 e. The van der Waals surface area contributed by atoms with E-state index in [1.54, 1.807) is 0 Å². The van der Waals surface area contributed by atoms with Gasteiger partial charge in [-0.15, -0.1) is 0 Å². The van der Waals surface area contributed by atoms with E-state index < -0.39 is 0 Å². The normalized spacial score (nSPS) is 14.6. The van der Waals surface area contributed by atoms with Gasteiger partial charge in [-0.25, -0.2) is 0 Å². The van der Waals surface area contributed by atoms with E-state index in [-0.39, 0.29) is 45.9 Å². The molecule has 124 heavy (non-hydrogen) atoms. The number of fused-ring (bicyclic) bond motifs is 14. The number of ether oxygens (including phenoxy) is 1. The summed E-state index contributed by atoms with van der Waals surface area (Å²) in [5, 5.41) is 0. The molecule has 4 aliphatic heterocycles. The van der Waals surface area contributed by atoms with Crippen LogP contribution in [0, 0.1) is 0 Å². The molecule has 16 aromatic rings. The molecular weight excluding hydrogens is 1500 g/mol. The first kappa shape index (κ1) is 76.9. The van der Waals surface area contributed by atoms with E-state index in [1.807, 2.05) is 0 Å². The minimum absolute atomic E-state index is 0.189. The topological polar surface area (TPSA) is 19.0 Å². The molecule has 0 saturated carbocycles. The van der Waals surface area contributed by atoms with Crippen LogP contribution in [0.25, 0.3) is 89.0 Å². The minimum Gasteiger partial charge on any atom is -0.458 e. The fourth-order valence-electron chi connectivity index (χ4n) is 22.0. The van der Waals surface area contributed by atoms with Crippen LogP contribution >= 0.6 is 0 Å². The summed E-state index contributed by atoms with van der Waals surface area (Å²) in [4.78, 5) is 8.09. The van der Waals surface area contributed by atoms with Crippen molar-refractivity contribution in [2.24, 2.45) is 0 Å². The van der Waals surface area contributed by atoms with E-state index >= 15 is 0 Å². The van der Waals surface area contributed by atoms with Crippen LogP contribution in [-0.2, 0) is 32.5 Å². The zero-order valence-corrected chi connectivity index (χ0v) is 74.2. The Morgan fingerprint density at radius 2 is 0.573 bits per heavy atom. The van der Waals surface area contributed by atoms with Crippen molar-refractivity contribution in [1.29, 1.82) is 0 Å². The summed E-state index contributed by atoms with van der Waals surface area (Å²) in [5.74, 6) is 1.69. The van der Waals surface area contributed by atoms with Crippen LogP contribution < -0.4 is 52.2 Å². The Morgan fingerprint density at radius 1 is 0.234 bits per heavy atom. The van der Waals surface area contributed by atoms with Gasteiger partial charge in [-0.1, -0.05) is 366 Å². The predicted molar refractivity (Wildman–Crippen MR) is 529 cm³/mol. The fourth-order valence-corrected chi connectivity index (χ4v) is 22.0. The molecule has 0 bridgehead atoms. The first-order valence-electron chi connectivity index (χ1n) is 44.6. The third-order valence-corrected chi connectivity index (χ3v) is 28.2. The van der Waals surface area contributed by atoms with Gasteiger partial charge in [0.05, 0.1) is 11.4 Å². The summed E-state index contributed by atoms with van der Waals surface area (Å²) >= 11 is 0. The highest BCUT2D eigenvalue weighted by Gasteiger charge is 2.51. The molecule has 16 aromatic carbocycles. The molecule has 0 fully saturated rings. The summed E-state index contributed by atoms with van der Waals surface area (Å²) in [6, 6.07) is 129. The summed E-state index contributed by atoms with van der Waals surface area (Å²) in [6.07, 6.45) is 0. The second-order valence-corrected chi connectivity index (χ2v) is 40.7. The summed E-state index contributed by atoms with van der Waals surface area (Å²) in [5.41, 5.74) is 45.4. The molecule has 4 nitrogen and oxygen atoms in total. The van der Waals surface area contributed by atoms with Crippen molar-refractivity contribution in [3.8, 4) is 101 Å². The smallest absolute Gasteiger partial charge is 0.256 e. The maximum atomic E-state index is 8.34. The van der Waals surface area contributed by atoms with Crippen molar-refractivity contribution < 1.29 is 4.74 Å². The Bertz CT molecular complexity index is 6980. The van der Waals surface area contributed by atoms with Gasteiger partial charge in [0.15, 0.2) is 0 Å². The average Bonchev–Trinajstić information content (AvgIpc) is 0.815. The molecule has 602 valence electrons. The number of hydrogen-bond acceptors (Lipinski definition) is 4. The lowest BCUT2D eigenvalue weighted by Gasteiger charge is -2.46. The molecule has 0 N–H and O–H groups in total. The predicted octanol–water partition coefficient (Wildman–Crippen LogP) is 28.0. The molecule has 0 atom stereocenters. The lowest BCUT2D eigenvalue weighted by Crippen LogP contribution is -2.64. The Kier molecular flexibility index (Phi) is 17.2. The molecule has 4 heterocycles. The second kappa shape index (κ2) is 27.7. The van der Waals surface area contributed by atoms with Gasteiger partial charge in [-0.05, 0) is 239 Å². The lowest BCUT2D eigenvalue weighted by molar-refractivity contribution is 0.488. The molecule has 0 amide bonds. The SMILES string of the molecule is CC(C)(C)c1cc(N2c3cc4c(cc3B3c5ccccc5N(c5c(-c6ccccc6)cc(C(C)(C)C)cc5-c5ccccc5)c5cc(-c6cccc7c6C(C)(C)c6ccccc6-7)cc2c53)B2c3ccccc3N(c3c(-c5ccccc5)cc(C(C)(C)C)cc3-c3ccccc3)c3cc(-c5cccc6c5C(C)(C)c5ccccc5-6)cc(c32)O4)cc(C(C)(C)C)c1. The maximum absolute atomic E-state index is 8.34. The van der Waals surface area contributed by atoms with Crippen molar-refractivity contribution in [2.45, 2.75) is 143 Å². The number of para-hydroxylation sites is 2. The van der Waals surface area contributed by atoms with E-state index in [9.17, 15) is 0 Å². The van der Waals surface area contributed by atoms with Gasteiger partial charge >= 0.3 is 0 Å². The molecule has 22 rings (SSSR count). The highest BCUT2D eigenvalue weighted by atomic mass is 16.5. The van der Waals surface area contributed by atoms with Gasteiger partial charge in [-0.3, -0.25) is 0 Å². The summed E-state index contributed by atoms with van der Waals surface area (Å²) in [7, 11) is 0. The van der Waals surface area contributed by atoms with Crippen LogP contribution in [0.2, 0.25) is 0 Å². The first-order valence-corrected chi connectivity index (χ1v) is 44.6. The Labute approximate surface area is 733 Å². The standard InChI is InChI=1S/C118H103B2N3O/c1-113(2,3)78-63-79(114(4,5)6)65-82(64-78)121-101-71-105-98(120-96-56-34-36-58-100(96)123(112-91(74-43-25-19-26-44-74)68-81(116(10,11)12)69-92(112)75-45-27-20-28-46-75)104-61-77(62-106(124-105)110(104)120)84-50-38-52-88-86-48-30-32-54-94(86)118(15,16)108(84)88)70-97(101)119-95-55-33-35-57-99(95)122(111-89(72-39-21-17-22-40-72)66-80(115(7,8)9)67-90(111)73-41-23-18-24-42-73)103-60-76(59-102(121)109(103)119)83-49-37-51-87-85-47-29-31-53-93(85)117(13,14)107(83)87/h17-71H,1-16H3. The zero-order chi connectivity index (χ0) is 85.2. The van der Waals surface area contributed by atoms with Crippen LogP contribution in [0.15, 0.2) is 334 Å². The van der Waals surface area contributed by atoms with Gasteiger partial charge in [0.2, 0.25) is 0 Å². The fraction of sp³-hybridized carbons (Fsp3) is 0.186. The molecule has 0 unspecified atom stereocenters. The number of nitrogens with zero attached hydrogens (tertiary/aromatic N) is 3. The Balaban J connectivity index is 0.875. The van der Waals surface area contributed by atoms with Crippen LogP contribution in [0.3, 0.4) is 0 Å². The van der Waals surface area contributed by atoms with E-state index in [0.717, 1.165) is 118 Å².